The quantitative estimate of drug-likeness (QED) is 0.761. The molecule has 0 heterocycles. The topological polar surface area (TPSA) is 72.2 Å². The molecule has 0 radical (unpaired) electrons. The predicted octanol–water partition coefficient (Wildman–Crippen LogP) is 1.36. The minimum atomic E-state index is -3.41. The van der Waals surface area contributed by atoms with E-state index in [9.17, 15) is 8.42 Å². The predicted molar refractivity (Wildman–Crippen MR) is 64.9 cm³/mol. The summed E-state index contributed by atoms with van der Waals surface area (Å²) in [5.41, 5.74) is 5.31. The lowest BCUT2D eigenvalue weighted by molar-refractivity contribution is 0.577. The Kier molecular flexibility index (Phi) is 5.21. The van der Waals surface area contributed by atoms with Gasteiger partial charge in [0.1, 0.15) is 0 Å². The molecule has 6 heteroatoms. The van der Waals surface area contributed by atoms with Crippen molar-refractivity contribution in [1.82, 2.24) is 4.72 Å². The second-order valence-corrected chi connectivity index (χ2v) is 5.55. The number of sulfonamides is 1. The van der Waals surface area contributed by atoms with Crippen LogP contribution >= 0.6 is 11.6 Å². The Morgan fingerprint density at radius 3 is 2.38 bits per heavy atom. The summed E-state index contributed by atoms with van der Waals surface area (Å²) in [5.74, 6) is 0. The van der Waals surface area contributed by atoms with Gasteiger partial charge in [-0.1, -0.05) is 11.6 Å². The Balaban J connectivity index is 2.60. The van der Waals surface area contributed by atoms with E-state index in [1.54, 1.807) is 12.1 Å². The van der Waals surface area contributed by atoms with E-state index in [4.69, 9.17) is 17.3 Å². The zero-order valence-corrected chi connectivity index (χ0v) is 10.4. The maximum Gasteiger partial charge on any atom is 0.240 e. The number of benzene rings is 1. The molecule has 0 fully saturated rings. The van der Waals surface area contributed by atoms with Crippen LogP contribution in [-0.2, 0) is 10.0 Å². The van der Waals surface area contributed by atoms with E-state index in [1.807, 2.05) is 0 Å². The van der Waals surface area contributed by atoms with Crippen LogP contribution in [0.1, 0.15) is 12.8 Å². The molecule has 1 rings (SSSR count). The monoisotopic (exact) mass is 262 g/mol. The van der Waals surface area contributed by atoms with Crippen molar-refractivity contribution in [3.8, 4) is 0 Å². The summed E-state index contributed by atoms with van der Waals surface area (Å²) in [6, 6.07) is 6.06. The second kappa shape index (κ2) is 6.20. The van der Waals surface area contributed by atoms with Crippen molar-refractivity contribution in [2.24, 2.45) is 5.73 Å². The highest BCUT2D eigenvalue weighted by atomic mass is 35.5. The first-order chi connectivity index (χ1) is 7.56. The number of halogens is 1. The smallest absolute Gasteiger partial charge is 0.240 e. The van der Waals surface area contributed by atoms with Gasteiger partial charge in [-0.15, -0.1) is 0 Å². The zero-order chi connectivity index (χ0) is 12.0. The fraction of sp³-hybridized carbons (Fsp3) is 0.400. The molecule has 0 aliphatic carbocycles. The average Bonchev–Trinajstić information content (AvgIpc) is 2.25. The summed E-state index contributed by atoms with van der Waals surface area (Å²) in [5, 5.41) is 0.516. The molecule has 0 spiro atoms. The Labute approximate surface area is 101 Å². The Morgan fingerprint density at radius 2 is 1.81 bits per heavy atom. The van der Waals surface area contributed by atoms with E-state index in [2.05, 4.69) is 4.72 Å². The Morgan fingerprint density at radius 1 is 1.19 bits per heavy atom. The van der Waals surface area contributed by atoms with Crippen LogP contribution in [0.4, 0.5) is 0 Å². The lowest BCUT2D eigenvalue weighted by atomic mass is 10.3. The fourth-order valence-electron chi connectivity index (χ4n) is 1.17. The summed E-state index contributed by atoms with van der Waals surface area (Å²) in [6.07, 6.45) is 1.55. The van der Waals surface area contributed by atoms with Gasteiger partial charge in [-0.05, 0) is 43.7 Å². The van der Waals surface area contributed by atoms with Crippen molar-refractivity contribution < 1.29 is 8.42 Å². The minimum absolute atomic E-state index is 0.227. The molecule has 0 saturated carbocycles. The number of hydrogen-bond donors (Lipinski definition) is 2. The number of hydrogen-bond acceptors (Lipinski definition) is 3. The van der Waals surface area contributed by atoms with Crippen molar-refractivity contribution in [3.63, 3.8) is 0 Å². The first kappa shape index (κ1) is 13.4. The van der Waals surface area contributed by atoms with E-state index in [0.717, 1.165) is 12.8 Å². The van der Waals surface area contributed by atoms with E-state index >= 15 is 0 Å². The molecule has 90 valence electrons. The van der Waals surface area contributed by atoms with Gasteiger partial charge in [0.05, 0.1) is 4.90 Å². The molecule has 0 atom stereocenters. The molecule has 0 aliphatic heterocycles. The molecular formula is C10H15ClN2O2S. The van der Waals surface area contributed by atoms with E-state index in [-0.39, 0.29) is 4.90 Å². The number of rotatable bonds is 6. The molecule has 0 unspecified atom stereocenters. The van der Waals surface area contributed by atoms with Crippen molar-refractivity contribution in [3.05, 3.63) is 29.3 Å². The van der Waals surface area contributed by atoms with Gasteiger partial charge in [0.2, 0.25) is 10.0 Å². The van der Waals surface area contributed by atoms with Crippen LogP contribution in [0.2, 0.25) is 5.02 Å². The third-order valence-electron chi connectivity index (χ3n) is 2.05. The van der Waals surface area contributed by atoms with Gasteiger partial charge in [0.25, 0.3) is 0 Å². The highest BCUT2D eigenvalue weighted by molar-refractivity contribution is 7.89. The van der Waals surface area contributed by atoms with Crippen LogP contribution in [0.25, 0.3) is 0 Å². The third kappa shape index (κ3) is 4.09. The maximum absolute atomic E-state index is 11.7. The SMILES string of the molecule is NCCCCNS(=O)(=O)c1ccc(Cl)cc1. The molecule has 1 aromatic rings. The molecule has 0 saturated heterocycles. The number of nitrogens with one attached hydrogen (secondary N) is 1. The maximum atomic E-state index is 11.7. The largest absolute Gasteiger partial charge is 0.330 e. The molecule has 1 aromatic carbocycles. The normalized spacial score (nSPS) is 11.6. The molecular weight excluding hydrogens is 248 g/mol. The molecule has 16 heavy (non-hydrogen) atoms. The highest BCUT2D eigenvalue weighted by Crippen LogP contribution is 2.13. The highest BCUT2D eigenvalue weighted by Gasteiger charge is 2.12. The molecule has 0 bridgehead atoms. The average molecular weight is 263 g/mol. The van der Waals surface area contributed by atoms with Crippen molar-refractivity contribution >= 4 is 21.6 Å². The first-order valence-corrected chi connectivity index (χ1v) is 6.87. The standard InChI is InChI=1S/C10H15ClN2O2S/c11-9-3-5-10(6-4-9)16(14,15)13-8-2-1-7-12/h3-6,13H,1-2,7-8,12H2. The minimum Gasteiger partial charge on any atom is -0.330 e. The van der Waals surface area contributed by atoms with Gasteiger partial charge >= 0.3 is 0 Å². The third-order valence-corrected chi connectivity index (χ3v) is 3.78. The van der Waals surface area contributed by atoms with Gasteiger partial charge in [0.15, 0.2) is 0 Å². The molecule has 3 N–H and O–H groups in total. The second-order valence-electron chi connectivity index (χ2n) is 3.35. The lowest BCUT2D eigenvalue weighted by Gasteiger charge is -2.06. The van der Waals surface area contributed by atoms with Gasteiger partial charge in [-0.2, -0.15) is 0 Å². The van der Waals surface area contributed by atoms with E-state index in [0.29, 0.717) is 18.1 Å². The number of unbranched alkanes of at least 4 members (excludes halogenated alkanes) is 1. The zero-order valence-electron chi connectivity index (χ0n) is 8.82. The molecule has 0 aromatic heterocycles. The molecule has 0 amide bonds. The Hall–Kier alpha value is -0.620. The van der Waals surface area contributed by atoms with Crippen LogP contribution in [0.15, 0.2) is 29.2 Å². The van der Waals surface area contributed by atoms with Crippen LogP contribution in [0.3, 0.4) is 0 Å². The summed E-state index contributed by atoms with van der Waals surface area (Å²) in [4.78, 5) is 0.227. The Bertz CT molecular complexity index is 417. The van der Waals surface area contributed by atoms with Crippen LogP contribution in [0.5, 0.6) is 0 Å². The van der Waals surface area contributed by atoms with Gasteiger partial charge in [-0.3, -0.25) is 0 Å². The molecule has 0 aliphatic rings. The molecule has 4 nitrogen and oxygen atoms in total. The van der Waals surface area contributed by atoms with Gasteiger partial charge < -0.3 is 5.73 Å². The van der Waals surface area contributed by atoms with Gasteiger partial charge in [0, 0.05) is 11.6 Å². The number of nitrogens with two attached hydrogens (primary N) is 1. The summed E-state index contributed by atoms with van der Waals surface area (Å²) in [6.45, 7) is 0.977. The summed E-state index contributed by atoms with van der Waals surface area (Å²) >= 11 is 5.68. The van der Waals surface area contributed by atoms with Gasteiger partial charge in [-0.25, -0.2) is 13.1 Å². The summed E-state index contributed by atoms with van der Waals surface area (Å²) < 4.78 is 25.9. The van der Waals surface area contributed by atoms with Crippen molar-refractivity contribution in [2.75, 3.05) is 13.1 Å². The lowest BCUT2D eigenvalue weighted by Crippen LogP contribution is -2.25. The van der Waals surface area contributed by atoms with Crippen molar-refractivity contribution in [2.45, 2.75) is 17.7 Å². The van der Waals surface area contributed by atoms with Crippen LogP contribution < -0.4 is 10.5 Å². The van der Waals surface area contributed by atoms with Crippen LogP contribution in [0, 0.1) is 0 Å². The first-order valence-electron chi connectivity index (χ1n) is 5.01. The van der Waals surface area contributed by atoms with Crippen molar-refractivity contribution in [1.29, 1.82) is 0 Å². The van der Waals surface area contributed by atoms with Crippen LogP contribution in [-0.4, -0.2) is 21.5 Å². The summed E-state index contributed by atoms with van der Waals surface area (Å²) in [7, 11) is -3.41. The van der Waals surface area contributed by atoms with E-state index < -0.39 is 10.0 Å². The van der Waals surface area contributed by atoms with E-state index in [1.165, 1.54) is 12.1 Å². The fourth-order valence-corrected chi connectivity index (χ4v) is 2.37.